The highest BCUT2D eigenvalue weighted by atomic mass is 16.2. The molecule has 3 aromatic carbocycles. The maximum Gasteiger partial charge on any atom is 0.261 e. The second-order valence-corrected chi connectivity index (χ2v) is 8.72. The van der Waals surface area contributed by atoms with Crippen LogP contribution in [0.15, 0.2) is 67.0 Å². The molecule has 0 saturated carbocycles. The van der Waals surface area contributed by atoms with E-state index in [2.05, 4.69) is 53.7 Å². The second kappa shape index (κ2) is 7.27. The van der Waals surface area contributed by atoms with Gasteiger partial charge in [0.05, 0.1) is 16.6 Å². The van der Waals surface area contributed by atoms with E-state index < -0.39 is 0 Å². The monoisotopic (exact) mass is 433 g/mol. The lowest BCUT2D eigenvalue weighted by Gasteiger charge is -2.16. The normalized spacial score (nSPS) is 13.6. The first kappa shape index (κ1) is 19.7. The lowest BCUT2D eigenvalue weighted by molar-refractivity contribution is 0.0651. The van der Waals surface area contributed by atoms with Crippen LogP contribution in [0.1, 0.15) is 38.3 Å². The number of rotatable bonds is 4. The summed E-state index contributed by atoms with van der Waals surface area (Å²) in [5, 5.41) is 4.86. The number of imide groups is 1. The van der Waals surface area contributed by atoms with Crippen LogP contribution in [0.2, 0.25) is 0 Å². The number of aromatic nitrogens is 2. The van der Waals surface area contributed by atoms with Crippen molar-refractivity contribution < 1.29 is 9.59 Å². The number of pyridine rings is 1. The van der Waals surface area contributed by atoms with Gasteiger partial charge in [-0.05, 0) is 61.0 Å². The van der Waals surface area contributed by atoms with E-state index >= 15 is 0 Å². The highest BCUT2D eigenvalue weighted by Gasteiger charge is 2.34. The number of carbonyl (C=O) groups excluding carboxylic acids is 2. The van der Waals surface area contributed by atoms with Crippen LogP contribution in [-0.2, 0) is 6.54 Å². The van der Waals surface area contributed by atoms with E-state index in [4.69, 9.17) is 0 Å². The van der Waals surface area contributed by atoms with Crippen molar-refractivity contribution in [3.63, 3.8) is 0 Å². The first-order chi connectivity index (χ1) is 16.1. The Morgan fingerprint density at radius 1 is 0.758 bits per heavy atom. The van der Waals surface area contributed by atoms with E-state index in [1.54, 1.807) is 24.3 Å². The zero-order valence-corrected chi connectivity index (χ0v) is 18.6. The molecule has 33 heavy (non-hydrogen) atoms. The SMILES string of the molecule is Cc1c2cnccc2c(C)c2c1c1ccccc1n2CCCN1C(=O)c2ccccc2C1=O. The Morgan fingerprint density at radius 2 is 1.45 bits per heavy atom. The fourth-order valence-electron chi connectivity index (χ4n) is 5.42. The Labute approximate surface area is 191 Å². The lowest BCUT2D eigenvalue weighted by Crippen LogP contribution is -2.31. The Kier molecular flexibility index (Phi) is 4.34. The van der Waals surface area contributed by atoms with Gasteiger partial charge in [0.25, 0.3) is 11.8 Å². The summed E-state index contributed by atoms with van der Waals surface area (Å²) in [6.07, 6.45) is 4.48. The Balaban J connectivity index is 1.42. The number of hydrogen-bond donors (Lipinski definition) is 0. The molecule has 0 atom stereocenters. The summed E-state index contributed by atoms with van der Waals surface area (Å²) in [5.41, 5.74) is 5.86. The van der Waals surface area contributed by atoms with Gasteiger partial charge >= 0.3 is 0 Å². The summed E-state index contributed by atoms with van der Waals surface area (Å²) in [6.45, 7) is 5.45. The van der Waals surface area contributed by atoms with Crippen molar-refractivity contribution in [1.29, 1.82) is 0 Å². The first-order valence-electron chi connectivity index (χ1n) is 11.3. The van der Waals surface area contributed by atoms with Gasteiger partial charge in [-0.25, -0.2) is 0 Å². The molecule has 0 N–H and O–H groups in total. The summed E-state index contributed by atoms with van der Waals surface area (Å²) in [6, 6.07) is 17.6. The molecule has 6 rings (SSSR count). The predicted octanol–water partition coefficient (Wildman–Crippen LogP) is 5.65. The molecule has 5 nitrogen and oxygen atoms in total. The van der Waals surface area contributed by atoms with Crippen LogP contribution in [-0.4, -0.2) is 32.8 Å². The van der Waals surface area contributed by atoms with Gasteiger partial charge in [-0.15, -0.1) is 0 Å². The van der Waals surface area contributed by atoms with Crippen molar-refractivity contribution in [3.05, 3.63) is 89.2 Å². The molecular weight excluding hydrogens is 410 g/mol. The third-order valence-electron chi connectivity index (χ3n) is 6.97. The van der Waals surface area contributed by atoms with Crippen molar-refractivity contribution in [3.8, 4) is 0 Å². The number of amides is 2. The first-order valence-corrected chi connectivity index (χ1v) is 11.3. The molecule has 5 heteroatoms. The van der Waals surface area contributed by atoms with Gasteiger partial charge in [0.2, 0.25) is 0 Å². The van der Waals surface area contributed by atoms with Gasteiger partial charge in [0, 0.05) is 47.2 Å². The zero-order valence-electron chi connectivity index (χ0n) is 18.6. The van der Waals surface area contributed by atoms with Crippen LogP contribution in [0.25, 0.3) is 32.6 Å². The molecule has 0 unspecified atom stereocenters. The van der Waals surface area contributed by atoms with Gasteiger partial charge in [0.1, 0.15) is 0 Å². The largest absolute Gasteiger partial charge is 0.340 e. The van der Waals surface area contributed by atoms with Crippen molar-refractivity contribution in [1.82, 2.24) is 14.5 Å². The number of nitrogens with zero attached hydrogens (tertiary/aromatic N) is 3. The Bertz CT molecular complexity index is 1580. The quantitative estimate of drug-likeness (QED) is 0.344. The number of carbonyl (C=O) groups is 2. The number of benzene rings is 3. The lowest BCUT2D eigenvalue weighted by atomic mass is 9.97. The number of aryl methyl sites for hydroxylation is 3. The molecule has 0 radical (unpaired) electrons. The fraction of sp³-hybridized carbons (Fsp3) is 0.179. The second-order valence-electron chi connectivity index (χ2n) is 8.72. The topological polar surface area (TPSA) is 55.2 Å². The Hall–Kier alpha value is -3.99. The molecule has 0 saturated heterocycles. The minimum atomic E-state index is -0.191. The minimum absolute atomic E-state index is 0.191. The fourth-order valence-corrected chi connectivity index (χ4v) is 5.42. The third kappa shape index (κ3) is 2.75. The summed E-state index contributed by atoms with van der Waals surface area (Å²) in [4.78, 5) is 31.3. The highest BCUT2D eigenvalue weighted by Crippen LogP contribution is 2.38. The summed E-state index contributed by atoms with van der Waals surface area (Å²) in [7, 11) is 0. The van der Waals surface area contributed by atoms with Gasteiger partial charge in [0.15, 0.2) is 0 Å². The molecule has 0 spiro atoms. The maximum absolute atomic E-state index is 12.8. The van der Waals surface area contributed by atoms with E-state index in [0.29, 0.717) is 30.6 Å². The average Bonchev–Trinajstić information content (AvgIpc) is 3.31. The highest BCUT2D eigenvalue weighted by molar-refractivity contribution is 6.21. The molecule has 3 heterocycles. The van der Waals surface area contributed by atoms with Gasteiger partial charge in [-0.3, -0.25) is 19.5 Å². The standard InChI is InChI=1S/C28H23N3O2/c1-17-23-16-29-13-12-19(23)18(2)26-25(17)22-10-5-6-11-24(22)30(26)14-7-15-31-27(32)20-8-3-4-9-21(20)28(31)33/h3-6,8-13,16H,7,14-15H2,1-2H3. The molecule has 0 fully saturated rings. The maximum atomic E-state index is 12.8. The van der Waals surface area contributed by atoms with Crippen LogP contribution >= 0.6 is 0 Å². The van der Waals surface area contributed by atoms with E-state index in [9.17, 15) is 9.59 Å². The molecule has 162 valence electrons. The van der Waals surface area contributed by atoms with Gasteiger partial charge in [-0.2, -0.15) is 0 Å². The predicted molar refractivity (Wildman–Crippen MR) is 131 cm³/mol. The molecule has 0 aliphatic carbocycles. The zero-order chi connectivity index (χ0) is 22.7. The summed E-state index contributed by atoms with van der Waals surface area (Å²) >= 11 is 0. The molecular formula is C28H23N3O2. The molecule has 1 aliphatic rings. The number of para-hydroxylation sites is 1. The van der Waals surface area contributed by atoms with E-state index in [1.807, 2.05) is 12.4 Å². The van der Waals surface area contributed by atoms with Gasteiger partial charge in [-0.1, -0.05) is 30.3 Å². The molecule has 1 aliphatic heterocycles. The molecule has 0 bridgehead atoms. The number of hydrogen-bond acceptors (Lipinski definition) is 3. The van der Waals surface area contributed by atoms with Crippen LogP contribution in [0.5, 0.6) is 0 Å². The molecule has 2 amide bonds. The minimum Gasteiger partial charge on any atom is -0.340 e. The van der Waals surface area contributed by atoms with Crippen molar-refractivity contribution in [2.45, 2.75) is 26.8 Å². The molecule has 5 aromatic rings. The summed E-state index contributed by atoms with van der Waals surface area (Å²) < 4.78 is 2.35. The van der Waals surface area contributed by atoms with E-state index in [0.717, 1.165) is 0 Å². The van der Waals surface area contributed by atoms with Crippen LogP contribution in [0.3, 0.4) is 0 Å². The van der Waals surface area contributed by atoms with Crippen LogP contribution in [0.4, 0.5) is 0 Å². The van der Waals surface area contributed by atoms with Crippen molar-refractivity contribution >= 4 is 44.4 Å². The van der Waals surface area contributed by atoms with Crippen LogP contribution < -0.4 is 0 Å². The molecule has 2 aromatic heterocycles. The van der Waals surface area contributed by atoms with E-state index in [-0.39, 0.29) is 11.8 Å². The Morgan fingerprint density at radius 3 is 2.21 bits per heavy atom. The number of fused-ring (bicyclic) bond motifs is 5. The smallest absolute Gasteiger partial charge is 0.261 e. The van der Waals surface area contributed by atoms with Crippen LogP contribution in [0, 0.1) is 13.8 Å². The van der Waals surface area contributed by atoms with Crippen molar-refractivity contribution in [2.24, 2.45) is 0 Å². The van der Waals surface area contributed by atoms with Gasteiger partial charge < -0.3 is 4.57 Å². The summed E-state index contributed by atoms with van der Waals surface area (Å²) in [5.74, 6) is -0.383. The van der Waals surface area contributed by atoms with E-state index in [1.165, 1.54) is 48.6 Å². The van der Waals surface area contributed by atoms with Crippen molar-refractivity contribution in [2.75, 3.05) is 6.54 Å². The average molecular weight is 434 g/mol. The third-order valence-corrected chi connectivity index (χ3v) is 6.97.